The van der Waals surface area contributed by atoms with Gasteiger partial charge in [0.05, 0.1) is 23.8 Å². The van der Waals surface area contributed by atoms with Crippen molar-refractivity contribution in [1.29, 1.82) is 0 Å². The number of aromatic nitrogens is 4. The summed E-state index contributed by atoms with van der Waals surface area (Å²) >= 11 is 1.72. The van der Waals surface area contributed by atoms with Crippen LogP contribution in [0.25, 0.3) is 0 Å². The second kappa shape index (κ2) is 7.08. The van der Waals surface area contributed by atoms with Gasteiger partial charge in [-0.05, 0) is 27.2 Å². The fourth-order valence-electron chi connectivity index (χ4n) is 2.74. The Kier molecular flexibility index (Phi) is 4.90. The first-order chi connectivity index (χ1) is 11.2. The van der Waals surface area contributed by atoms with Crippen molar-refractivity contribution in [1.82, 2.24) is 30.4 Å². The van der Waals surface area contributed by atoms with Gasteiger partial charge in [0.1, 0.15) is 12.2 Å². The first-order valence-electron chi connectivity index (χ1n) is 8.00. The van der Waals surface area contributed by atoms with E-state index in [1.807, 2.05) is 18.5 Å². The first-order valence-corrected chi connectivity index (χ1v) is 8.81. The molecule has 3 heterocycles. The van der Waals surface area contributed by atoms with Crippen LogP contribution >= 0.6 is 11.3 Å². The van der Waals surface area contributed by atoms with Gasteiger partial charge in [0.2, 0.25) is 0 Å². The lowest BCUT2D eigenvalue weighted by Gasteiger charge is -2.25. The van der Waals surface area contributed by atoms with Crippen LogP contribution in [-0.4, -0.2) is 38.3 Å². The number of nitrogens with one attached hydrogen (secondary N) is 2. The summed E-state index contributed by atoms with van der Waals surface area (Å²) in [5, 5.41) is 12.2. The lowest BCUT2D eigenvalue weighted by atomic mass is 10.1. The molecule has 0 saturated carbocycles. The fraction of sp³-hybridized carbons (Fsp3) is 0.600. The maximum absolute atomic E-state index is 4.72. The Hall–Kier alpha value is -1.96. The molecule has 23 heavy (non-hydrogen) atoms. The fourth-order valence-corrected chi connectivity index (χ4v) is 3.60. The summed E-state index contributed by atoms with van der Waals surface area (Å²) in [5.74, 6) is 1.92. The van der Waals surface area contributed by atoms with E-state index in [-0.39, 0.29) is 0 Å². The lowest BCUT2D eigenvalue weighted by Crippen LogP contribution is -2.47. The van der Waals surface area contributed by atoms with Gasteiger partial charge in [-0.2, -0.15) is 5.10 Å². The monoisotopic (exact) mass is 333 g/mol. The summed E-state index contributed by atoms with van der Waals surface area (Å²) < 4.78 is 1.97. The average molecular weight is 333 g/mol. The van der Waals surface area contributed by atoms with Crippen molar-refractivity contribution in [3.05, 3.63) is 27.7 Å². The number of thiazole rings is 1. The van der Waals surface area contributed by atoms with E-state index in [1.54, 1.807) is 17.7 Å². The van der Waals surface area contributed by atoms with Crippen molar-refractivity contribution in [3.8, 4) is 0 Å². The van der Waals surface area contributed by atoms with E-state index in [0.29, 0.717) is 12.6 Å². The molecule has 8 heteroatoms. The second-order valence-corrected chi connectivity index (χ2v) is 6.96. The molecule has 7 nitrogen and oxygen atoms in total. The van der Waals surface area contributed by atoms with E-state index in [0.717, 1.165) is 48.4 Å². The highest BCUT2D eigenvalue weighted by Crippen LogP contribution is 2.18. The second-order valence-electron chi connectivity index (χ2n) is 5.67. The summed E-state index contributed by atoms with van der Waals surface area (Å²) in [5.41, 5.74) is 1.08. The van der Waals surface area contributed by atoms with Crippen molar-refractivity contribution in [2.45, 2.75) is 52.7 Å². The summed E-state index contributed by atoms with van der Waals surface area (Å²) in [4.78, 5) is 14.7. The standard InChI is InChI=1S/C15H23N7S/c1-4-16-15(17-7-13-10(2)20-11(3)23-13)21-12-5-6-14-18-9-19-22(14)8-12/h9,12H,4-8H2,1-3H3,(H2,16,17,21). The molecule has 0 spiro atoms. The molecule has 0 aromatic carbocycles. The van der Waals surface area contributed by atoms with E-state index in [1.165, 1.54) is 4.88 Å². The Balaban J connectivity index is 1.64. The Bertz CT molecular complexity index is 688. The molecule has 3 rings (SSSR count). The third kappa shape index (κ3) is 3.87. The van der Waals surface area contributed by atoms with Crippen LogP contribution in [0.15, 0.2) is 11.3 Å². The Labute approximate surface area is 140 Å². The van der Waals surface area contributed by atoms with Crippen LogP contribution < -0.4 is 10.6 Å². The predicted molar refractivity (Wildman–Crippen MR) is 91.7 cm³/mol. The minimum absolute atomic E-state index is 0.325. The topological polar surface area (TPSA) is 80.0 Å². The van der Waals surface area contributed by atoms with Crippen molar-refractivity contribution in [2.75, 3.05) is 6.54 Å². The maximum Gasteiger partial charge on any atom is 0.191 e. The van der Waals surface area contributed by atoms with E-state index >= 15 is 0 Å². The SMILES string of the molecule is CCNC(=NCc1sc(C)nc1C)NC1CCc2ncnn2C1. The number of guanidine groups is 1. The zero-order valence-electron chi connectivity index (χ0n) is 13.8. The van der Waals surface area contributed by atoms with Crippen molar-refractivity contribution < 1.29 is 0 Å². The highest BCUT2D eigenvalue weighted by molar-refractivity contribution is 7.11. The molecule has 2 aromatic heterocycles. The molecule has 0 saturated heterocycles. The van der Waals surface area contributed by atoms with Crippen LogP contribution in [0.1, 0.15) is 34.7 Å². The lowest BCUT2D eigenvalue weighted by molar-refractivity contribution is 0.393. The molecule has 1 aliphatic rings. The number of aliphatic imine (C=N–C) groups is 1. The molecule has 0 amide bonds. The molecular formula is C15H23N7S. The van der Waals surface area contributed by atoms with E-state index < -0.39 is 0 Å². The number of rotatable bonds is 4. The smallest absolute Gasteiger partial charge is 0.191 e. The van der Waals surface area contributed by atoms with Crippen molar-refractivity contribution in [3.63, 3.8) is 0 Å². The van der Waals surface area contributed by atoms with E-state index in [9.17, 15) is 0 Å². The van der Waals surface area contributed by atoms with Crippen LogP contribution in [-0.2, 0) is 19.5 Å². The average Bonchev–Trinajstić information content (AvgIpc) is 3.10. The minimum Gasteiger partial charge on any atom is -0.357 e. The van der Waals surface area contributed by atoms with Gasteiger partial charge >= 0.3 is 0 Å². The van der Waals surface area contributed by atoms with E-state index in [2.05, 4.69) is 32.6 Å². The third-order valence-corrected chi connectivity index (χ3v) is 4.93. The van der Waals surface area contributed by atoms with Crippen LogP contribution in [0.5, 0.6) is 0 Å². The van der Waals surface area contributed by atoms with Gasteiger partial charge in [0.25, 0.3) is 0 Å². The van der Waals surface area contributed by atoms with Gasteiger partial charge in [-0.15, -0.1) is 11.3 Å². The number of aryl methyl sites for hydroxylation is 3. The Morgan fingerprint density at radius 1 is 1.48 bits per heavy atom. The van der Waals surface area contributed by atoms with Gasteiger partial charge < -0.3 is 10.6 Å². The molecule has 0 radical (unpaired) electrons. The molecule has 1 aliphatic heterocycles. The minimum atomic E-state index is 0.325. The van der Waals surface area contributed by atoms with Crippen LogP contribution in [0.2, 0.25) is 0 Å². The number of fused-ring (bicyclic) bond motifs is 1. The maximum atomic E-state index is 4.72. The van der Waals surface area contributed by atoms with Gasteiger partial charge in [0.15, 0.2) is 5.96 Å². The Morgan fingerprint density at radius 3 is 3.09 bits per heavy atom. The Morgan fingerprint density at radius 2 is 2.35 bits per heavy atom. The van der Waals surface area contributed by atoms with Crippen LogP contribution in [0.3, 0.4) is 0 Å². The van der Waals surface area contributed by atoms with Gasteiger partial charge in [-0.1, -0.05) is 0 Å². The molecule has 2 aromatic rings. The van der Waals surface area contributed by atoms with Crippen molar-refractivity contribution >= 4 is 17.3 Å². The number of hydrogen-bond donors (Lipinski definition) is 2. The first kappa shape index (κ1) is 15.9. The van der Waals surface area contributed by atoms with Gasteiger partial charge in [-0.3, -0.25) is 0 Å². The largest absolute Gasteiger partial charge is 0.357 e. The predicted octanol–water partition coefficient (Wildman–Crippen LogP) is 1.42. The highest BCUT2D eigenvalue weighted by atomic mass is 32.1. The van der Waals surface area contributed by atoms with Gasteiger partial charge in [-0.25, -0.2) is 19.6 Å². The summed E-state index contributed by atoms with van der Waals surface area (Å²) in [7, 11) is 0. The molecule has 0 fully saturated rings. The quantitative estimate of drug-likeness (QED) is 0.653. The van der Waals surface area contributed by atoms with Crippen LogP contribution in [0.4, 0.5) is 0 Å². The molecule has 124 valence electrons. The van der Waals surface area contributed by atoms with Crippen LogP contribution in [0, 0.1) is 13.8 Å². The zero-order chi connectivity index (χ0) is 16.2. The summed E-state index contributed by atoms with van der Waals surface area (Å²) in [6.07, 6.45) is 3.62. The molecule has 1 atom stereocenters. The number of nitrogens with zero attached hydrogens (tertiary/aromatic N) is 5. The molecule has 0 bridgehead atoms. The van der Waals surface area contributed by atoms with E-state index in [4.69, 9.17) is 4.99 Å². The normalized spacial score (nSPS) is 17.9. The third-order valence-electron chi connectivity index (χ3n) is 3.87. The molecule has 1 unspecified atom stereocenters. The summed E-state index contributed by atoms with van der Waals surface area (Å²) in [6.45, 7) is 8.49. The number of hydrogen-bond acceptors (Lipinski definition) is 5. The van der Waals surface area contributed by atoms with Gasteiger partial charge in [0, 0.05) is 23.9 Å². The van der Waals surface area contributed by atoms with Crippen molar-refractivity contribution in [2.24, 2.45) is 4.99 Å². The molecular weight excluding hydrogens is 310 g/mol. The summed E-state index contributed by atoms with van der Waals surface area (Å²) in [6, 6.07) is 0.325. The molecule has 2 N–H and O–H groups in total. The zero-order valence-corrected chi connectivity index (χ0v) is 14.7. The highest BCUT2D eigenvalue weighted by Gasteiger charge is 2.20. The molecule has 0 aliphatic carbocycles.